The normalized spacial score (nSPS) is 8.00. The second-order valence-corrected chi connectivity index (χ2v) is 1.85. The Morgan fingerprint density at radius 3 is 2.67 bits per heavy atom. The van der Waals surface area contributed by atoms with Crippen LogP contribution in [0.4, 0.5) is 0 Å². The summed E-state index contributed by atoms with van der Waals surface area (Å²) in [5.74, 6) is -1.22. The van der Waals surface area contributed by atoms with Crippen molar-refractivity contribution in [3.8, 4) is 0 Å². The molecule has 42 valence electrons. The summed E-state index contributed by atoms with van der Waals surface area (Å²) >= 11 is 0.808. The Bertz CT molecular complexity index is 188. The summed E-state index contributed by atoms with van der Waals surface area (Å²) in [6.45, 7) is 0. The Morgan fingerprint density at radius 2 is 2.44 bits per heavy atom. The van der Waals surface area contributed by atoms with Gasteiger partial charge < -0.3 is 9.90 Å². The molecule has 0 aliphatic carbocycles. The van der Waals surface area contributed by atoms with Gasteiger partial charge in [0.1, 0.15) is 0 Å². The second-order valence-electron chi connectivity index (χ2n) is 1.07. The molecule has 0 fully saturated rings. The average Bonchev–Trinajstić information content (AvgIpc) is 2.12. The maximum Gasteiger partial charge on any atom is 1.00 e. The van der Waals surface area contributed by atoms with E-state index in [1.807, 2.05) is 0 Å². The minimum atomic E-state index is -1.22. The standard InChI is InChI=1S/C3H2N2O2S.K/c6-3(7)2-1-4-5-8-2;/h1H,(H,6,7);/q;+1/p-1. The zero-order valence-corrected chi connectivity index (χ0v) is 8.64. The van der Waals surface area contributed by atoms with Crippen molar-refractivity contribution in [2.75, 3.05) is 0 Å². The molecule has 1 rings (SSSR count). The fourth-order valence-electron chi connectivity index (χ4n) is 0.257. The predicted molar refractivity (Wildman–Crippen MR) is 24.2 cm³/mol. The first-order chi connectivity index (χ1) is 3.80. The van der Waals surface area contributed by atoms with Gasteiger partial charge >= 0.3 is 51.4 Å². The summed E-state index contributed by atoms with van der Waals surface area (Å²) in [7, 11) is 0. The van der Waals surface area contributed by atoms with Crippen LogP contribution in [0.25, 0.3) is 0 Å². The van der Waals surface area contributed by atoms with Crippen LogP contribution in [0.3, 0.4) is 0 Å². The Balaban J connectivity index is 0.000000640. The number of aromatic nitrogens is 2. The molecule has 0 bridgehead atoms. The van der Waals surface area contributed by atoms with Gasteiger partial charge in [-0.05, 0) is 11.5 Å². The van der Waals surface area contributed by atoms with Gasteiger partial charge in [-0.25, -0.2) is 0 Å². The van der Waals surface area contributed by atoms with Crippen molar-refractivity contribution in [3.05, 3.63) is 11.1 Å². The fraction of sp³-hybridized carbons (Fsp3) is 0. The topological polar surface area (TPSA) is 65.9 Å². The van der Waals surface area contributed by atoms with Crippen LogP contribution in [0, 0.1) is 0 Å². The first kappa shape index (κ1) is 9.67. The number of carboxylic acids is 1. The molecule has 9 heavy (non-hydrogen) atoms. The van der Waals surface area contributed by atoms with Crippen LogP contribution >= 0.6 is 11.5 Å². The molecule has 0 aliphatic rings. The molecule has 0 aromatic carbocycles. The van der Waals surface area contributed by atoms with E-state index < -0.39 is 5.97 Å². The van der Waals surface area contributed by atoms with Crippen molar-refractivity contribution >= 4 is 17.5 Å². The molecule has 1 aromatic rings. The zero-order valence-electron chi connectivity index (χ0n) is 4.70. The van der Waals surface area contributed by atoms with E-state index in [2.05, 4.69) is 9.59 Å². The van der Waals surface area contributed by atoms with Crippen LogP contribution in [0.1, 0.15) is 9.67 Å². The molecule has 0 spiro atoms. The third-order valence-electron chi connectivity index (χ3n) is 0.562. The van der Waals surface area contributed by atoms with Crippen LogP contribution in [-0.2, 0) is 0 Å². The van der Waals surface area contributed by atoms with E-state index in [1.54, 1.807) is 0 Å². The van der Waals surface area contributed by atoms with Gasteiger partial charge in [0.15, 0.2) is 0 Å². The van der Waals surface area contributed by atoms with Gasteiger partial charge in [0, 0.05) is 0 Å². The Labute approximate surface area is 97.9 Å². The molecule has 0 saturated heterocycles. The van der Waals surface area contributed by atoms with E-state index in [0.717, 1.165) is 17.7 Å². The number of carbonyl (C=O) groups excluding carboxylic acids is 1. The van der Waals surface area contributed by atoms with Crippen LogP contribution in [-0.4, -0.2) is 15.6 Å². The van der Waals surface area contributed by atoms with Crippen molar-refractivity contribution in [2.24, 2.45) is 0 Å². The van der Waals surface area contributed by atoms with Crippen molar-refractivity contribution in [1.82, 2.24) is 9.59 Å². The number of hydrogen-bond donors (Lipinski definition) is 0. The summed E-state index contributed by atoms with van der Waals surface area (Å²) in [6, 6.07) is 0. The third kappa shape index (κ3) is 2.83. The van der Waals surface area contributed by atoms with Crippen LogP contribution in [0.15, 0.2) is 6.20 Å². The molecule has 0 amide bonds. The third-order valence-corrected chi connectivity index (χ3v) is 1.21. The van der Waals surface area contributed by atoms with E-state index >= 15 is 0 Å². The molecular formula is C3HKN2O2S. The molecule has 0 N–H and O–H groups in total. The SMILES string of the molecule is O=C([O-])c1cnns1.[K+]. The van der Waals surface area contributed by atoms with Crippen LogP contribution in [0.5, 0.6) is 0 Å². The first-order valence-electron chi connectivity index (χ1n) is 1.79. The molecule has 6 heteroatoms. The summed E-state index contributed by atoms with van der Waals surface area (Å²) in [5, 5.41) is 13.2. The number of carbonyl (C=O) groups is 1. The molecule has 1 heterocycles. The average molecular weight is 168 g/mol. The summed E-state index contributed by atoms with van der Waals surface area (Å²) in [6.07, 6.45) is 1.15. The van der Waals surface area contributed by atoms with E-state index in [4.69, 9.17) is 0 Å². The van der Waals surface area contributed by atoms with Gasteiger partial charge in [0.25, 0.3) is 0 Å². The summed E-state index contributed by atoms with van der Waals surface area (Å²) in [5.41, 5.74) is 0. The Morgan fingerprint density at radius 1 is 1.78 bits per heavy atom. The smallest absolute Gasteiger partial charge is 0.544 e. The van der Waals surface area contributed by atoms with Crippen molar-refractivity contribution in [3.63, 3.8) is 0 Å². The van der Waals surface area contributed by atoms with Crippen molar-refractivity contribution in [1.29, 1.82) is 0 Å². The zero-order chi connectivity index (χ0) is 5.98. The summed E-state index contributed by atoms with van der Waals surface area (Å²) in [4.78, 5) is 9.94. The molecule has 0 aliphatic heterocycles. The number of hydrogen-bond acceptors (Lipinski definition) is 5. The quantitative estimate of drug-likeness (QED) is 0.400. The molecule has 4 nitrogen and oxygen atoms in total. The largest absolute Gasteiger partial charge is 1.00 e. The predicted octanol–water partition coefficient (Wildman–Crippen LogP) is -4.09. The first-order valence-corrected chi connectivity index (χ1v) is 2.57. The van der Waals surface area contributed by atoms with E-state index in [-0.39, 0.29) is 56.3 Å². The Hall–Kier alpha value is 0.666. The van der Waals surface area contributed by atoms with Crippen LogP contribution in [0.2, 0.25) is 0 Å². The maximum atomic E-state index is 9.88. The van der Waals surface area contributed by atoms with Gasteiger partial charge in [-0.1, -0.05) is 4.49 Å². The number of nitrogens with zero attached hydrogens (tertiary/aromatic N) is 2. The maximum absolute atomic E-state index is 9.88. The van der Waals surface area contributed by atoms with E-state index in [1.165, 1.54) is 0 Å². The minimum Gasteiger partial charge on any atom is -0.544 e. The monoisotopic (exact) mass is 168 g/mol. The molecule has 0 saturated carbocycles. The van der Waals surface area contributed by atoms with E-state index in [9.17, 15) is 9.90 Å². The molecule has 1 aromatic heterocycles. The fourth-order valence-corrected chi connectivity index (χ4v) is 0.608. The van der Waals surface area contributed by atoms with Gasteiger partial charge in [-0.15, -0.1) is 5.10 Å². The van der Waals surface area contributed by atoms with E-state index in [0.29, 0.717) is 0 Å². The molecular weight excluding hydrogens is 167 g/mol. The molecule has 0 radical (unpaired) electrons. The van der Waals surface area contributed by atoms with Gasteiger partial charge in [-0.3, -0.25) is 0 Å². The number of rotatable bonds is 1. The molecule has 0 atom stereocenters. The van der Waals surface area contributed by atoms with Crippen molar-refractivity contribution < 1.29 is 61.3 Å². The summed E-state index contributed by atoms with van der Waals surface area (Å²) < 4.78 is 3.31. The van der Waals surface area contributed by atoms with Crippen molar-refractivity contribution in [2.45, 2.75) is 0 Å². The van der Waals surface area contributed by atoms with Crippen LogP contribution < -0.4 is 56.5 Å². The van der Waals surface area contributed by atoms with Gasteiger partial charge in [-0.2, -0.15) is 0 Å². The van der Waals surface area contributed by atoms with Gasteiger partial charge in [0.2, 0.25) is 0 Å². The second kappa shape index (κ2) is 4.48. The van der Waals surface area contributed by atoms with Gasteiger partial charge in [0.05, 0.1) is 17.0 Å². The minimum absolute atomic E-state index is 0. The number of carboxylic acid groups (broad SMARTS) is 1. The molecule has 0 unspecified atom stereocenters. The Kier molecular flexibility index (Phi) is 4.81. The number of aromatic carboxylic acids is 1.